The molecule has 0 aliphatic carbocycles. The van der Waals surface area contributed by atoms with Crippen molar-refractivity contribution in [1.29, 1.82) is 0 Å². The average molecular weight is 492 g/mol. The quantitative estimate of drug-likeness (QED) is 0.269. The highest BCUT2D eigenvalue weighted by Crippen LogP contribution is 2.37. The Morgan fingerprint density at radius 3 is 2.28 bits per heavy atom. The second-order valence-electron chi connectivity index (χ2n) is 8.22. The van der Waals surface area contributed by atoms with Crippen molar-refractivity contribution in [2.45, 2.75) is 33.1 Å². The van der Waals surface area contributed by atoms with Gasteiger partial charge < -0.3 is 23.8 Å². The number of nitrogens with zero attached hydrogens (tertiary/aromatic N) is 4. The molecule has 0 aliphatic heterocycles. The van der Waals surface area contributed by atoms with Crippen LogP contribution in [0, 0.1) is 6.92 Å². The van der Waals surface area contributed by atoms with Gasteiger partial charge in [-0.2, -0.15) is 5.10 Å². The van der Waals surface area contributed by atoms with Crippen LogP contribution >= 0.6 is 0 Å². The molecule has 1 unspecified atom stereocenters. The molecule has 36 heavy (non-hydrogen) atoms. The van der Waals surface area contributed by atoms with Gasteiger partial charge in [-0.3, -0.25) is 14.9 Å². The predicted octanol–water partition coefficient (Wildman–Crippen LogP) is 4.41. The number of rotatable bonds is 9. The van der Waals surface area contributed by atoms with Crippen molar-refractivity contribution in [3.63, 3.8) is 0 Å². The van der Waals surface area contributed by atoms with Gasteiger partial charge in [0, 0.05) is 49.2 Å². The number of fused-ring (bicyclic) bond motifs is 1. The standard InChI is InChI=1S/C26H29N5O5/c1-15-22(13-28-30-15)25-14-27-23-8-7-18(11-24(23)29-25)31(26(35-6)16(2)36-17(3)32)19-9-20(33-4)12-21(10-19)34-5/h7-14,16,26H,1-6H3,(H,28,30)/t16-,26?/m0/s1. The van der Waals surface area contributed by atoms with Crippen LogP contribution in [0.1, 0.15) is 19.5 Å². The predicted molar refractivity (Wildman–Crippen MR) is 136 cm³/mol. The number of carbonyl (C=O) groups is 1. The fraction of sp³-hybridized carbons (Fsp3) is 0.308. The lowest BCUT2D eigenvalue weighted by atomic mass is 10.1. The molecule has 0 aliphatic rings. The van der Waals surface area contributed by atoms with E-state index >= 15 is 0 Å². The summed E-state index contributed by atoms with van der Waals surface area (Å²) in [5.74, 6) is 0.794. The smallest absolute Gasteiger partial charge is 0.303 e. The number of anilines is 2. The van der Waals surface area contributed by atoms with Gasteiger partial charge >= 0.3 is 5.97 Å². The molecular weight excluding hydrogens is 462 g/mol. The summed E-state index contributed by atoms with van der Waals surface area (Å²) >= 11 is 0. The summed E-state index contributed by atoms with van der Waals surface area (Å²) in [5, 5.41) is 7.02. The molecule has 0 fully saturated rings. The lowest BCUT2D eigenvalue weighted by Gasteiger charge is -2.36. The van der Waals surface area contributed by atoms with Gasteiger partial charge in [-0.05, 0) is 32.0 Å². The van der Waals surface area contributed by atoms with Gasteiger partial charge in [0.2, 0.25) is 0 Å². The molecule has 0 saturated carbocycles. The lowest BCUT2D eigenvalue weighted by molar-refractivity contribution is -0.151. The molecule has 4 rings (SSSR count). The number of esters is 1. The van der Waals surface area contributed by atoms with Gasteiger partial charge in [-0.1, -0.05) is 0 Å². The largest absolute Gasteiger partial charge is 0.497 e. The van der Waals surface area contributed by atoms with E-state index in [0.717, 1.165) is 22.5 Å². The minimum Gasteiger partial charge on any atom is -0.497 e. The summed E-state index contributed by atoms with van der Waals surface area (Å²) in [5.41, 5.74) is 5.36. The fourth-order valence-corrected chi connectivity index (χ4v) is 4.09. The van der Waals surface area contributed by atoms with E-state index in [1.165, 1.54) is 6.92 Å². The molecule has 2 aromatic heterocycles. The maximum absolute atomic E-state index is 11.8. The summed E-state index contributed by atoms with van der Waals surface area (Å²) in [6.07, 6.45) is 2.18. The van der Waals surface area contributed by atoms with Crippen molar-refractivity contribution in [1.82, 2.24) is 20.2 Å². The summed E-state index contributed by atoms with van der Waals surface area (Å²) in [4.78, 5) is 23.1. The Morgan fingerprint density at radius 1 is 0.972 bits per heavy atom. The number of aromatic nitrogens is 4. The molecule has 10 nitrogen and oxygen atoms in total. The molecule has 0 spiro atoms. The van der Waals surface area contributed by atoms with Crippen molar-refractivity contribution in [3.05, 3.63) is 54.5 Å². The van der Waals surface area contributed by atoms with Crippen LogP contribution in [-0.4, -0.2) is 59.8 Å². The van der Waals surface area contributed by atoms with E-state index in [0.29, 0.717) is 28.4 Å². The Kier molecular flexibility index (Phi) is 7.35. The van der Waals surface area contributed by atoms with Gasteiger partial charge in [-0.25, -0.2) is 4.98 Å². The number of benzene rings is 2. The van der Waals surface area contributed by atoms with Gasteiger partial charge in [0.15, 0.2) is 6.23 Å². The Balaban J connectivity index is 1.88. The molecule has 0 bridgehead atoms. The van der Waals surface area contributed by atoms with Crippen molar-refractivity contribution in [2.75, 3.05) is 26.2 Å². The summed E-state index contributed by atoms with van der Waals surface area (Å²) in [6.45, 7) is 5.08. The van der Waals surface area contributed by atoms with Crippen molar-refractivity contribution >= 4 is 28.4 Å². The van der Waals surface area contributed by atoms with E-state index < -0.39 is 18.3 Å². The first-order valence-corrected chi connectivity index (χ1v) is 11.3. The highest BCUT2D eigenvalue weighted by molar-refractivity contribution is 5.83. The van der Waals surface area contributed by atoms with Crippen molar-refractivity contribution in [3.8, 4) is 22.8 Å². The first kappa shape index (κ1) is 24.9. The molecule has 10 heteroatoms. The number of aryl methyl sites for hydroxylation is 1. The number of hydrogen-bond donors (Lipinski definition) is 1. The fourth-order valence-electron chi connectivity index (χ4n) is 4.09. The summed E-state index contributed by atoms with van der Waals surface area (Å²) < 4.78 is 22.4. The van der Waals surface area contributed by atoms with Crippen LogP contribution in [0.2, 0.25) is 0 Å². The van der Waals surface area contributed by atoms with E-state index in [4.69, 9.17) is 23.9 Å². The van der Waals surface area contributed by atoms with Crippen LogP contribution in [0.5, 0.6) is 11.5 Å². The third-order valence-corrected chi connectivity index (χ3v) is 5.77. The molecule has 4 aromatic rings. The highest BCUT2D eigenvalue weighted by Gasteiger charge is 2.29. The van der Waals surface area contributed by atoms with Gasteiger partial charge in [0.1, 0.15) is 17.6 Å². The summed E-state index contributed by atoms with van der Waals surface area (Å²) in [6, 6.07) is 11.2. The number of H-pyrrole nitrogens is 1. The van der Waals surface area contributed by atoms with Crippen LogP contribution < -0.4 is 14.4 Å². The SMILES string of the molecule is COc1cc(OC)cc(N(c2ccc3ncc(-c4cn[nH]c4C)nc3c2)C(OC)[C@H](C)OC(C)=O)c1. The average Bonchev–Trinajstić information content (AvgIpc) is 3.31. The van der Waals surface area contributed by atoms with Crippen molar-refractivity contribution < 1.29 is 23.7 Å². The Morgan fingerprint density at radius 2 is 1.69 bits per heavy atom. The Bertz CT molecular complexity index is 1350. The first-order chi connectivity index (χ1) is 17.3. The maximum atomic E-state index is 11.8. The number of nitrogens with one attached hydrogen (secondary N) is 1. The topological polar surface area (TPSA) is 112 Å². The Hall–Kier alpha value is -4.18. The molecule has 0 radical (unpaired) electrons. The second kappa shape index (κ2) is 10.6. The van der Waals surface area contributed by atoms with Gasteiger partial charge in [0.25, 0.3) is 0 Å². The number of ether oxygens (including phenoxy) is 4. The van der Waals surface area contributed by atoms with Crippen LogP contribution in [0.4, 0.5) is 11.4 Å². The molecule has 2 aromatic carbocycles. The third kappa shape index (κ3) is 5.08. The van der Waals surface area contributed by atoms with E-state index in [1.54, 1.807) is 46.7 Å². The minimum absolute atomic E-state index is 0.405. The monoisotopic (exact) mass is 491 g/mol. The van der Waals surface area contributed by atoms with E-state index in [9.17, 15) is 4.79 Å². The molecule has 0 saturated heterocycles. The Labute approximate surface area is 209 Å². The zero-order valence-corrected chi connectivity index (χ0v) is 21.1. The number of methoxy groups -OCH3 is 3. The van der Waals surface area contributed by atoms with Crippen LogP contribution in [0.3, 0.4) is 0 Å². The molecular formula is C26H29N5O5. The molecule has 188 valence electrons. The number of hydrogen-bond acceptors (Lipinski definition) is 9. The molecule has 2 heterocycles. The molecule has 0 amide bonds. The highest BCUT2D eigenvalue weighted by atomic mass is 16.6. The maximum Gasteiger partial charge on any atom is 0.303 e. The first-order valence-electron chi connectivity index (χ1n) is 11.3. The minimum atomic E-state index is -0.671. The van der Waals surface area contributed by atoms with E-state index in [1.807, 2.05) is 42.2 Å². The zero-order valence-electron chi connectivity index (χ0n) is 21.1. The third-order valence-electron chi connectivity index (χ3n) is 5.77. The van der Waals surface area contributed by atoms with E-state index in [-0.39, 0.29) is 0 Å². The second-order valence-corrected chi connectivity index (χ2v) is 8.22. The van der Waals surface area contributed by atoms with Crippen molar-refractivity contribution in [2.24, 2.45) is 0 Å². The van der Waals surface area contributed by atoms with Crippen LogP contribution in [-0.2, 0) is 14.3 Å². The number of carbonyl (C=O) groups excluding carboxylic acids is 1. The molecule has 1 N–H and O–H groups in total. The summed E-state index contributed by atoms with van der Waals surface area (Å²) in [7, 11) is 4.74. The van der Waals surface area contributed by atoms with Gasteiger partial charge in [-0.15, -0.1) is 0 Å². The normalized spacial score (nSPS) is 12.7. The van der Waals surface area contributed by atoms with Gasteiger partial charge in [0.05, 0.1) is 49.0 Å². The van der Waals surface area contributed by atoms with Crippen LogP contribution in [0.25, 0.3) is 22.3 Å². The van der Waals surface area contributed by atoms with E-state index in [2.05, 4.69) is 15.2 Å². The number of aromatic amines is 1. The zero-order chi connectivity index (χ0) is 25.8. The molecule has 2 atom stereocenters. The lowest BCUT2D eigenvalue weighted by Crippen LogP contribution is -2.43. The van der Waals surface area contributed by atoms with Crippen LogP contribution in [0.15, 0.2) is 48.8 Å².